The normalized spacial score (nSPS) is 25.4. The van der Waals surface area contributed by atoms with Crippen molar-refractivity contribution in [1.29, 1.82) is 0 Å². The quantitative estimate of drug-likeness (QED) is 0.794. The van der Waals surface area contributed by atoms with Gasteiger partial charge in [0.1, 0.15) is 11.5 Å². The Morgan fingerprint density at radius 2 is 2.29 bits per heavy atom. The fourth-order valence-electron chi connectivity index (χ4n) is 2.29. The number of fused-ring (bicyclic) bond motifs is 1. The topological polar surface area (TPSA) is 25.2 Å². The molecule has 1 aromatic rings. The molecular formula is C12H17NO. The van der Waals surface area contributed by atoms with Gasteiger partial charge in [0.15, 0.2) is 0 Å². The molecule has 0 radical (unpaired) electrons. The van der Waals surface area contributed by atoms with Crippen LogP contribution in [-0.2, 0) is 12.8 Å². The van der Waals surface area contributed by atoms with E-state index in [-0.39, 0.29) is 0 Å². The molecule has 0 aromatic carbocycles. The lowest BCUT2D eigenvalue weighted by Gasteiger charge is -2.10. The first kappa shape index (κ1) is 8.54. The Morgan fingerprint density at radius 3 is 3.00 bits per heavy atom. The molecule has 2 heteroatoms. The predicted molar refractivity (Wildman–Crippen MR) is 55.3 cm³/mol. The molecule has 2 nitrogen and oxygen atoms in total. The minimum Gasteiger partial charge on any atom is -0.464 e. The van der Waals surface area contributed by atoms with Gasteiger partial charge >= 0.3 is 0 Å². The molecule has 1 heterocycles. The van der Waals surface area contributed by atoms with E-state index in [9.17, 15) is 0 Å². The minimum atomic E-state index is 0.512. The highest BCUT2D eigenvalue weighted by Gasteiger charge is 2.32. The first-order valence-electron chi connectivity index (χ1n) is 5.74. The smallest absolute Gasteiger partial charge is 0.124 e. The van der Waals surface area contributed by atoms with E-state index in [1.807, 2.05) is 0 Å². The van der Waals surface area contributed by atoms with Gasteiger partial charge in [0.2, 0.25) is 0 Å². The molecule has 1 N–H and O–H groups in total. The molecule has 1 saturated carbocycles. The Hall–Kier alpha value is -0.760. The molecule has 0 saturated heterocycles. The van der Waals surface area contributed by atoms with Crippen LogP contribution < -0.4 is 5.32 Å². The van der Waals surface area contributed by atoms with Crippen molar-refractivity contribution in [3.8, 4) is 0 Å². The second-order valence-corrected chi connectivity index (χ2v) is 4.49. The van der Waals surface area contributed by atoms with Gasteiger partial charge in [-0.3, -0.25) is 0 Å². The molecule has 1 unspecified atom stereocenters. The van der Waals surface area contributed by atoms with Crippen molar-refractivity contribution >= 4 is 0 Å². The summed E-state index contributed by atoms with van der Waals surface area (Å²) in [5, 5.41) is 3.65. The van der Waals surface area contributed by atoms with Crippen molar-refractivity contribution in [1.82, 2.24) is 5.32 Å². The Bertz CT molecular complexity index is 338. The predicted octanol–water partition coefficient (Wildman–Crippen LogP) is 2.58. The summed E-state index contributed by atoms with van der Waals surface area (Å²) in [5.41, 5.74) is 1.44. The maximum Gasteiger partial charge on any atom is 0.124 e. The van der Waals surface area contributed by atoms with Crippen LogP contribution in [0.4, 0.5) is 0 Å². The molecule has 3 rings (SSSR count). The third-order valence-corrected chi connectivity index (χ3v) is 3.27. The van der Waals surface area contributed by atoms with E-state index in [1.165, 1.54) is 37.0 Å². The van der Waals surface area contributed by atoms with Crippen LogP contribution in [0.1, 0.15) is 49.3 Å². The van der Waals surface area contributed by atoms with Crippen molar-refractivity contribution < 1.29 is 4.42 Å². The molecule has 1 atom stereocenters. The molecule has 0 aliphatic heterocycles. The third kappa shape index (κ3) is 1.38. The number of furan rings is 1. The van der Waals surface area contributed by atoms with Gasteiger partial charge in [0.05, 0.1) is 6.04 Å². The Labute approximate surface area is 84.7 Å². The van der Waals surface area contributed by atoms with E-state index in [4.69, 9.17) is 4.42 Å². The van der Waals surface area contributed by atoms with Gasteiger partial charge in [-0.15, -0.1) is 0 Å². The minimum absolute atomic E-state index is 0.512. The van der Waals surface area contributed by atoms with Crippen LogP contribution in [0.15, 0.2) is 10.5 Å². The van der Waals surface area contributed by atoms with Crippen LogP contribution in [0.3, 0.4) is 0 Å². The van der Waals surface area contributed by atoms with Crippen molar-refractivity contribution in [3.63, 3.8) is 0 Å². The lowest BCUT2D eigenvalue weighted by Crippen LogP contribution is -2.20. The Kier molecular flexibility index (Phi) is 1.91. The van der Waals surface area contributed by atoms with Gasteiger partial charge in [-0.25, -0.2) is 0 Å². The van der Waals surface area contributed by atoms with Gasteiger partial charge in [-0.2, -0.15) is 0 Å². The Balaban J connectivity index is 1.80. The van der Waals surface area contributed by atoms with Crippen LogP contribution in [-0.4, -0.2) is 6.04 Å². The van der Waals surface area contributed by atoms with Gasteiger partial charge in [-0.1, -0.05) is 6.92 Å². The number of hydrogen-bond acceptors (Lipinski definition) is 2. The number of rotatable bonds is 3. The highest BCUT2D eigenvalue weighted by atomic mass is 16.3. The third-order valence-electron chi connectivity index (χ3n) is 3.27. The highest BCUT2D eigenvalue weighted by Crippen LogP contribution is 2.36. The van der Waals surface area contributed by atoms with E-state index in [1.54, 1.807) is 0 Å². The van der Waals surface area contributed by atoms with Crippen molar-refractivity contribution in [2.45, 2.75) is 51.1 Å². The number of nitrogens with one attached hydrogen (secondary N) is 1. The lowest BCUT2D eigenvalue weighted by atomic mass is 10.2. The van der Waals surface area contributed by atoms with E-state index in [0.717, 1.165) is 18.2 Å². The summed E-state index contributed by atoms with van der Waals surface area (Å²) in [5.74, 6) is 2.38. The molecule has 76 valence electrons. The zero-order valence-corrected chi connectivity index (χ0v) is 8.68. The second kappa shape index (κ2) is 3.13. The monoisotopic (exact) mass is 191 g/mol. The lowest BCUT2D eigenvalue weighted by molar-refractivity contribution is 0.397. The first-order valence-corrected chi connectivity index (χ1v) is 5.74. The molecule has 2 aliphatic rings. The molecule has 0 bridgehead atoms. The molecule has 0 amide bonds. The molecule has 0 spiro atoms. The number of aryl methyl sites for hydroxylation is 2. The fraction of sp³-hybridized carbons (Fsp3) is 0.667. The zero-order chi connectivity index (χ0) is 9.54. The SMILES string of the molecule is CCc1cc2c(o1)C(NC1CC1)CC2. The van der Waals surface area contributed by atoms with Crippen LogP contribution in [0, 0.1) is 0 Å². The van der Waals surface area contributed by atoms with E-state index >= 15 is 0 Å². The maximum absolute atomic E-state index is 5.85. The summed E-state index contributed by atoms with van der Waals surface area (Å²) in [4.78, 5) is 0. The van der Waals surface area contributed by atoms with E-state index < -0.39 is 0 Å². The van der Waals surface area contributed by atoms with Gasteiger partial charge in [-0.05, 0) is 37.3 Å². The summed E-state index contributed by atoms with van der Waals surface area (Å²) in [6.07, 6.45) is 6.15. The number of hydrogen-bond donors (Lipinski definition) is 1. The van der Waals surface area contributed by atoms with E-state index in [2.05, 4.69) is 18.3 Å². The second-order valence-electron chi connectivity index (χ2n) is 4.49. The molecule has 14 heavy (non-hydrogen) atoms. The largest absolute Gasteiger partial charge is 0.464 e. The first-order chi connectivity index (χ1) is 6.86. The summed E-state index contributed by atoms with van der Waals surface area (Å²) in [6, 6.07) is 3.53. The summed E-state index contributed by atoms with van der Waals surface area (Å²) in [7, 11) is 0. The summed E-state index contributed by atoms with van der Waals surface area (Å²) in [6.45, 7) is 2.15. The van der Waals surface area contributed by atoms with Crippen molar-refractivity contribution in [2.24, 2.45) is 0 Å². The van der Waals surface area contributed by atoms with Crippen molar-refractivity contribution in [3.05, 3.63) is 23.2 Å². The average Bonchev–Trinajstić information content (AvgIpc) is 2.77. The molecule has 2 aliphatic carbocycles. The molecule has 1 fully saturated rings. The van der Waals surface area contributed by atoms with Gasteiger partial charge < -0.3 is 9.73 Å². The summed E-state index contributed by atoms with van der Waals surface area (Å²) >= 11 is 0. The molecule has 1 aromatic heterocycles. The Morgan fingerprint density at radius 1 is 1.43 bits per heavy atom. The van der Waals surface area contributed by atoms with Crippen LogP contribution in [0.25, 0.3) is 0 Å². The van der Waals surface area contributed by atoms with Crippen LogP contribution in [0.2, 0.25) is 0 Å². The summed E-state index contributed by atoms with van der Waals surface area (Å²) < 4.78 is 5.85. The fourth-order valence-corrected chi connectivity index (χ4v) is 2.29. The van der Waals surface area contributed by atoms with Crippen LogP contribution >= 0.6 is 0 Å². The van der Waals surface area contributed by atoms with Gasteiger partial charge in [0.25, 0.3) is 0 Å². The van der Waals surface area contributed by atoms with Crippen LogP contribution in [0.5, 0.6) is 0 Å². The average molecular weight is 191 g/mol. The molecular weight excluding hydrogens is 174 g/mol. The highest BCUT2D eigenvalue weighted by molar-refractivity contribution is 5.29. The van der Waals surface area contributed by atoms with Crippen molar-refractivity contribution in [2.75, 3.05) is 0 Å². The maximum atomic E-state index is 5.85. The standard InChI is InChI=1S/C12H17NO/c1-2-10-7-8-3-6-11(12(8)14-10)13-9-4-5-9/h7,9,11,13H,2-6H2,1H3. The zero-order valence-electron chi connectivity index (χ0n) is 8.68. The van der Waals surface area contributed by atoms with Gasteiger partial charge in [0, 0.05) is 12.5 Å². The van der Waals surface area contributed by atoms with E-state index in [0.29, 0.717) is 6.04 Å².